The highest BCUT2D eigenvalue weighted by molar-refractivity contribution is 5.76. The molecule has 0 saturated carbocycles. The average molecular weight is 261 g/mol. The molecule has 0 rings (SSSR count). The highest BCUT2D eigenvalue weighted by Crippen LogP contribution is 2.13. The van der Waals surface area contributed by atoms with Crippen molar-refractivity contribution < 1.29 is 19.6 Å². The lowest BCUT2D eigenvalue weighted by atomic mass is 9.98. The highest BCUT2D eigenvalue weighted by Gasteiger charge is 2.17. The Balaban J connectivity index is 0. The number of rotatable bonds is 8. The van der Waals surface area contributed by atoms with Gasteiger partial charge in [0.1, 0.15) is 13.2 Å². The molecule has 0 aliphatic heterocycles. The van der Waals surface area contributed by atoms with E-state index in [0.29, 0.717) is 19.4 Å². The van der Waals surface area contributed by atoms with Crippen molar-refractivity contribution in [2.45, 2.75) is 40.5 Å². The van der Waals surface area contributed by atoms with Crippen LogP contribution < -0.4 is 11.1 Å². The molecular weight excluding hydrogens is 232 g/mol. The molecule has 0 radical (unpaired) electrons. The maximum absolute atomic E-state index is 11.4. The van der Waals surface area contributed by atoms with Gasteiger partial charge in [0.2, 0.25) is 5.91 Å². The molecule has 0 aliphatic rings. The number of esters is 1. The summed E-state index contributed by atoms with van der Waals surface area (Å²) in [5.74, 6) is -0.863. The number of primary amides is 1. The Bertz CT molecular complexity index is 232. The van der Waals surface area contributed by atoms with Crippen LogP contribution in [0.5, 0.6) is 0 Å². The van der Waals surface area contributed by atoms with Crippen LogP contribution in [-0.2, 0) is 14.3 Å². The highest BCUT2D eigenvalue weighted by atomic mass is 16.5. The molecule has 5 nitrogen and oxygen atoms in total. The summed E-state index contributed by atoms with van der Waals surface area (Å²) in [6.07, 6.45) is 1.27. The molecule has 0 aliphatic carbocycles. The summed E-state index contributed by atoms with van der Waals surface area (Å²) in [5, 5.41) is 1.95. The van der Waals surface area contributed by atoms with Crippen molar-refractivity contribution in [1.29, 1.82) is 0 Å². The fourth-order valence-corrected chi connectivity index (χ4v) is 1.18. The van der Waals surface area contributed by atoms with Crippen molar-refractivity contribution in [3.8, 4) is 0 Å². The maximum Gasteiger partial charge on any atom is 0.308 e. The van der Waals surface area contributed by atoms with E-state index in [2.05, 4.69) is 0 Å². The summed E-state index contributed by atoms with van der Waals surface area (Å²) in [5.41, 5.74) is 5.14. The maximum atomic E-state index is 11.4. The zero-order valence-corrected chi connectivity index (χ0v) is 12.4. The largest absolute Gasteiger partial charge is 0.459 e. The van der Waals surface area contributed by atoms with Crippen molar-refractivity contribution in [2.75, 3.05) is 20.2 Å². The normalized spacial score (nSPS) is 12.9. The first-order chi connectivity index (χ1) is 8.49. The molecule has 0 saturated heterocycles. The number of quaternary nitrogens is 1. The summed E-state index contributed by atoms with van der Waals surface area (Å²) in [6, 6.07) is 0. The number of carbonyl (C=O) groups excluding carboxylic acids is 2. The Morgan fingerprint density at radius 2 is 1.67 bits per heavy atom. The van der Waals surface area contributed by atoms with Gasteiger partial charge in [0, 0.05) is 5.92 Å². The van der Waals surface area contributed by atoms with Crippen LogP contribution in [0.3, 0.4) is 0 Å². The lowest BCUT2D eigenvalue weighted by molar-refractivity contribution is -0.628. The van der Waals surface area contributed by atoms with Crippen LogP contribution in [0.1, 0.15) is 40.5 Å². The zero-order valence-electron chi connectivity index (χ0n) is 12.4. The third-order valence-corrected chi connectivity index (χ3v) is 2.57. The Labute approximate surface area is 110 Å². The van der Waals surface area contributed by atoms with E-state index in [1.165, 1.54) is 0 Å². The van der Waals surface area contributed by atoms with Crippen LogP contribution in [-0.4, -0.2) is 32.1 Å². The molecule has 0 aromatic heterocycles. The first-order valence-electron chi connectivity index (χ1n) is 6.72. The first-order valence-corrected chi connectivity index (χ1v) is 6.72. The van der Waals surface area contributed by atoms with Gasteiger partial charge < -0.3 is 15.8 Å². The Morgan fingerprint density at radius 1 is 1.17 bits per heavy atom. The molecule has 2 atom stereocenters. The van der Waals surface area contributed by atoms with Crippen molar-refractivity contribution >= 4 is 11.9 Å². The predicted molar refractivity (Wildman–Crippen MR) is 71.8 cm³/mol. The Kier molecular flexibility index (Phi) is 13.2. The molecule has 5 heteroatoms. The van der Waals surface area contributed by atoms with E-state index in [1.807, 2.05) is 33.1 Å². The van der Waals surface area contributed by atoms with Gasteiger partial charge in [0.05, 0.1) is 13.0 Å². The molecule has 18 heavy (non-hydrogen) atoms. The standard InChI is InChI=1S/C11H22N2O3.C2H6/c1-8(10(12)14)4-5-9(2)11(15)16-7-6-13-3;1-2/h8-9,13H,4-7H2,1-3H3,(H2,12,14);1-2H3/p+1. The van der Waals surface area contributed by atoms with E-state index in [-0.39, 0.29) is 23.7 Å². The smallest absolute Gasteiger partial charge is 0.308 e. The average Bonchev–Trinajstić information content (AvgIpc) is 2.37. The lowest BCUT2D eigenvalue weighted by Crippen LogP contribution is -2.80. The van der Waals surface area contributed by atoms with E-state index >= 15 is 0 Å². The quantitative estimate of drug-likeness (QED) is 0.486. The molecule has 0 aromatic rings. The Hall–Kier alpha value is -1.10. The minimum absolute atomic E-state index is 0.168. The fourth-order valence-electron chi connectivity index (χ4n) is 1.18. The summed E-state index contributed by atoms with van der Waals surface area (Å²) >= 11 is 0. The number of likely N-dealkylation sites (N-methyl/N-ethyl adjacent to an activating group) is 1. The minimum atomic E-state index is -0.318. The molecule has 0 bridgehead atoms. The number of nitrogens with two attached hydrogens (primary N) is 2. The number of amides is 1. The van der Waals surface area contributed by atoms with Crippen molar-refractivity contribution in [1.82, 2.24) is 0 Å². The van der Waals surface area contributed by atoms with Crippen LogP contribution in [0.25, 0.3) is 0 Å². The second-order valence-corrected chi connectivity index (χ2v) is 4.15. The van der Waals surface area contributed by atoms with E-state index in [1.54, 1.807) is 6.92 Å². The molecule has 0 heterocycles. The van der Waals surface area contributed by atoms with Gasteiger partial charge in [0.15, 0.2) is 0 Å². The number of carbonyl (C=O) groups is 2. The molecule has 0 aromatic carbocycles. The van der Waals surface area contributed by atoms with Gasteiger partial charge in [-0.15, -0.1) is 0 Å². The van der Waals surface area contributed by atoms with Crippen molar-refractivity contribution in [3.63, 3.8) is 0 Å². The number of hydrogen-bond donors (Lipinski definition) is 2. The second-order valence-electron chi connectivity index (χ2n) is 4.15. The molecule has 1 amide bonds. The van der Waals surface area contributed by atoms with Gasteiger partial charge in [-0.25, -0.2) is 0 Å². The van der Waals surface area contributed by atoms with Gasteiger partial charge in [0.25, 0.3) is 0 Å². The lowest BCUT2D eigenvalue weighted by Gasteiger charge is -2.12. The SMILES string of the molecule is CC.C[NH2+]CCOC(=O)C(C)CCC(C)C(N)=O. The molecule has 2 unspecified atom stereocenters. The first kappa shape index (κ1) is 19.2. The van der Waals surface area contributed by atoms with Crippen molar-refractivity contribution in [3.05, 3.63) is 0 Å². The van der Waals surface area contributed by atoms with Gasteiger partial charge >= 0.3 is 5.97 Å². The summed E-state index contributed by atoms with van der Waals surface area (Å²) in [6.45, 7) is 8.79. The van der Waals surface area contributed by atoms with Crippen LogP contribution in [0.15, 0.2) is 0 Å². The van der Waals surface area contributed by atoms with Gasteiger partial charge in [-0.1, -0.05) is 27.7 Å². The monoisotopic (exact) mass is 261 g/mol. The fraction of sp³-hybridized carbons (Fsp3) is 0.846. The third kappa shape index (κ3) is 10.1. The summed E-state index contributed by atoms with van der Waals surface area (Å²) in [7, 11) is 1.92. The number of ether oxygens (including phenoxy) is 1. The van der Waals surface area contributed by atoms with Gasteiger partial charge in [-0.05, 0) is 12.8 Å². The summed E-state index contributed by atoms with van der Waals surface area (Å²) < 4.78 is 5.05. The molecule has 0 spiro atoms. The summed E-state index contributed by atoms with van der Waals surface area (Å²) in [4.78, 5) is 22.2. The topological polar surface area (TPSA) is 86.0 Å². The van der Waals surface area contributed by atoms with E-state index in [4.69, 9.17) is 10.5 Å². The van der Waals surface area contributed by atoms with Crippen LogP contribution in [0.2, 0.25) is 0 Å². The third-order valence-electron chi connectivity index (χ3n) is 2.57. The minimum Gasteiger partial charge on any atom is -0.459 e. The molecule has 4 N–H and O–H groups in total. The zero-order chi connectivity index (χ0) is 14.6. The second kappa shape index (κ2) is 12.4. The van der Waals surface area contributed by atoms with Gasteiger partial charge in [-0.3, -0.25) is 9.59 Å². The molecule has 108 valence electrons. The van der Waals surface area contributed by atoms with E-state index in [9.17, 15) is 9.59 Å². The van der Waals surface area contributed by atoms with Crippen LogP contribution in [0, 0.1) is 11.8 Å². The molecule has 0 fully saturated rings. The van der Waals surface area contributed by atoms with E-state index in [0.717, 1.165) is 6.54 Å². The predicted octanol–water partition coefficient (Wildman–Crippen LogP) is 0.287. The number of hydrogen-bond acceptors (Lipinski definition) is 3. The van der Waals surface area contributed by atoms with Crippen LogP contribution >= 0.6 is 0 Å². The van der Waals surface area contributed by atoms with E-state index < -0.39 is 0 Å². The van der Waals surface area contributed by atoms with Crippen LogP contribution in [0.4, 0.5) is 0 Å². The molecular formula is C13H29N2O3+. The Morgan fingerprint density at radius 3 is 2.11 bits per heavy atom. The van der Waals surface area contributed by atoms with Crippen molar-refractivity contribution in [2.24, 2.45) is 17.6 Å². The van der Waals surface area contributed by atoms with Gasteiger partial charge in [-0.2, -0.15) is 0 Å².